The number of alkyl halides is 3. The fourth-order valence-electron chi connectivity index (χ4n) is 0.580. The lowest BCUT2D eigenvalue weighted by molar-refractivity contribution is -0.325. The molecule has 11 heavy (non-hydrogen) atoms. The van der Waals surface area contributed by atoms with Crippen molar-refractivity contribution in [3.05, 3.63) is 0 Å². The summed E-state index contributed by atoms with van der Waals surface area (Å²) < 4.78 is 37.8. The lowest BCUT2D eigenvalue weighted by atomic mass is 10.1. The summed E-state index contributed by atoms with van der Waals surface area (Å²) in [5.74, 6) is 0.303. The molecular formula is C7H13F3O. The van der Waals surface area contributed by atoms with Gasteiger partial charge in [-0.1, -0.05) is 20.3 Å². The quantitative estimate of drug-likeness (QED) is 0.630. The minimum atomic E-state index is -4.46. The standard InChI is InChI=1S/C7H13F3O/c1-3-6(2)4-5-11-7(8,9)10/h6H,3-5H2,1-2H3/t6-/m1/s1. The van der Waals surface area contributed by atoms with E-state index in [1.54, 1.807) is 0 Å². The van der Waals surface area contributed by atoms with Crippen molar-refractivity contribution in [2.45, 2.75) is 33.1 Å². The van der Waals surface area contributed by atoms with Crippen molar-refractivity contribution < 1.29 is 17.9 Å². The number of hydrogen-bond donors (Lipinski definition) is 0. The maximum atomic E-state index is 11.4. The molecule has 1 nitrogen and oxygen atoms in total. The van der Waals surface area contributed by atoms with Crippen LogP contribution < -0.4 is 0 Å². The van der Waals surface area contributed by atoms with Gasteiger partial charge in [-0.2, -0.15) is 0 Å². The fourth-order valence-corrected chi connectivity index (χ4v) is 0.580. The summed E-state index contributed by atoms with van der Waals surface area (Å²) >= 11 is 0. The molecule has 0 fully saturated rings. The number of halogens is 3. The van der Waals surface area contributed by atoms with E-state index in [4.69, 9.17) is 0 Å². The van der Waals surface area contributed by atoms with Gasteiger partial charge in [-0.25, -0.2) is 0 Å². The second-order valence-electron chi connectivity index (χ2n) is 2.60. The Labute approximate surface area is 64.5 Å². The van der Waals surface area contributed by atoms with E-state index in [-0.39, 0.29) is 6.61 Å². The zero-order valence-electron chi connectivity index (χ0n) is 6.74. The molecule has 0 aromatic carbocycles. The molecule has 0 aromatic heterocycles. The molecular weight excluding hydrogens is 157 g/mol. The van der Waals surface area contributed by atoms with E-state index in [1.807, 2.05) is 13.8 Å². The zero-order valence-corrected chi connectivity index (χ0v) is 6.74. The molecule has 0 aromatic rings. The zero-order chi connectivity index (χ0) is 8.91. The Morgan fingerprint density at radius 2 is 1.91 bits per heavy atom. The lowest BCUT2D eigenvalue weighted by Gasteiger charge is -2.10. The van der Waals surface area contributed by atoms with Crippen LogP contribution in [0.2, 0.25) is 0 Å². The third-order valence-electron chi connectivity index (χ3n) is 1.57. The first-order valence-electron chi connectivity index (χ1n) is 3.66. The predicted molar refractivity (Wildman–Crippen MR) is 36.1 cm³/mol. The first kappa shape index (κ1) is 10.8. The smallest absolute Gasteiger partial charge is 0.292 e. The number of ether oxygens (including phenoxy) is 1. The van der Waals surface area contributed by atoms with E-state index in [2.05, 4.69) is 4.74 Å². The summed E-state index contributed by atoms with van der Waals surface area (Å²) in [6.45, 7) is 3.62. The molecule has 0 unspecified atom stereocenters. The summed E-state index contributed by atoms with van der Waals surface area (Å²) in [5.41, 5.74) is 0. The monoisotopic (exact) mass is 170 g/mol. The van der Waals surface area contributed by atoms with Crippen molar-refractivity contribution in [2.24, 2.45) is 5.92 Å². The molecule has 4 heteroatoms. The molecule has 0 aliphatic carbocycles. The molecule has 0 aliphatic heterocycles. The van der Waals surface area contributed by atoms with Gasteiger partial charge >= 0.3 is 6.36 Å². The highest BCUT2D eigenvalue weighted by molar-refractivity contribution is 4.48. The minimum Gasteiger partial charge on any atom is -0.292 e. The molecule has 68 valence electrons. The molecule has 0 bridgehead atoms. The lowest BCUT2D eigenvalue weighted by Crippen LogP contribution is -2.15. The Morgan fingerprint density at radius 1 is 1.36 bits per heavy atom. The van der Waals surface area contributed by atoms with Crippen LogP contribution in [0.1, 0.15) is 26.7 Å². The Bertz CT molecular complexity index is 100. The fraction of sp³-hybridized carbons (Fsp3) is 1.00. The van der Waals surface area contributed by atoms with Gasteiger partial charge in [0.2, 0.25) is 0 Å². The Balaban J connectivity index is 3.28. The van der Waals surface area contributed by atoms with Crippen LogP contribution in [0.25, 0.3) is 0 Å². The molecule has 0 saturated carbocycles. The Kier molecular flexibility index (Phi) is 4.49. The van der Waals surface area contributed by atoms with E-state index < -0.39 is 6.36 Å². The average Bonchev–Trinajstić information content (AvgIpc) is 1.85. The van der Waals surface area contributed by atoms with E-state index in [1.165, 1.54) is 0 Å². The van der Waals surface area contributed by atoms with E-state index in [0.29, 0.717) is 12.3 Å². The first-order valence-corrected chi connectivity index (χ1v) is 3.66. The van der Waals surface area contributed by atoms with E-state index in [9.17, 15) is 13.2 Å². The van der Waals surface area contributed by atoms with E-state index in [0.717, 1.165) is 6.42 Å². The van der Waals surface area contributed by atoms with Crippen molar-refractivity contribution in [1.82, 2.24) is 0 Å². The number of hydrogen-bond acceptors (Lipinski definition) is 1. The summed E-state index contributed by atoms with van der Waals surface area (Å²) in [5, 5.41) is 0. The second kappa shape index (κ2) is 4.59. The van der Waals surface area contributed by atoms with Gasteiger partial charge < -0.3 is 0 Å². The van der Waals surface area contributed by atoms with Crippen molar-refractivity contribution in [1.29, 1.82) is 0 Å². The molecule has 0 N–H and O–H groups in total. The molecule has 0 spiro atoms. The van der Waals surface area contributed by atoms with Gasteiger partial charge in [0.05, 0.1) is 6.61 Å². The van der Waals surface area contributed by atoms with Crippen LogP contribution in [0.15, 0.2) is 0 Å². The Hall–Kier alpha value is -0.250. The summed E-state index contributed by atoms with van der Waals surface area (Å²) in [6.07, 6.45) is -3.11. The summed E-state index contributed by atoms with van der Waals surface area (Å²) in [4.78, 5) is 0. The third-order valence-corrected chi connectivity index (χ3v) is 1.57. The van der Waals surface area contributed by atoms with Crippen LogP contribution in [0.3, 0.4) is 0 Å². The largest absolute Gasteiger partial charge is 0.522 e. The van der Waals surface area contributed by atoms with Crippen LogP contribution in [0.4, 0.5) is 13.2 Å². The van der Waals surface area contributed by atoms with Crippen LogP contribution in [-0.4, -0.2) is 13.0 Å². The van der Waals surface area contributed by atoms with Crippen LogP contribution in [-0.2, 0) is 4.74 Å². The van der Waals surface area contributed by atoms with E-state index >= 15 is 0 Å². The average molecular weight is 170 g/mol. The molecule has 0 aliphatic rings. The van der Waals surface area contributed by atoms with Gasteiger partial charge in [-0.15, -0.1) is 13.2 Å². The van der Waals surface area contributed by atoms with Gasteiger partial charge in [0.25, 0.3) is 0 Å². The van der Waals surface area contributed by atoms with Crippen molar-refractivity contribution in [3.8, 4) is 0 Å². The minimum absolute atomic E-state index is 0.224. The molecule has 0 saturated heterocycles. The van der Waals surface area contributed by atoms with Gasteiger partial charge in [-0.3, -0.25) is 4.74 Å². The maximum absolute atomic E-state index is 11.4. The molecule has 0 amide bonds. The van der Waals surface area contributed by atoms with Gasteiger partial charge in [0.1, 0.15) is 0 Å². The predicted octanol–water partition coefficient (Wildman–Crippen LogP) is 2.96. The van der Waals surface area contributed by atoms with Gasteiger partial charge in [0.15, 0.2) is 0 Å². The van der Waals surface area contributed by atoms with Crippen molar-refractivity contribution >= 4 is 0 Å². The van der Waals surface area contributed by atoms with Crippen molar-refractivity contribution in [2.75, 3.05) is 6.61 Å². The molecule has 0 rings (SSSR count). The third kappa shape index (κ3) is 7.65. The highest BCUT2D eigenvalue weighted by atomic mass is 19.4. The SMILES string of the molecule is CC[C@@H](C)CCOC(F)(F)F. The normalized spacial score (nSPS) is 15.0. The van der Waals surface area contributed by atoms with Crippen molar-refractivity contribution in [3.63, 3.8) is 0 Å². The molecule has 1 atom stereocenters. The summed E-state index contributed by atoms with van der Waals surface area (Å²) in [7, 11) is 0. The first-order chi connectivity index (χ1) is 4.95. The van der Waals surface area contributed by atoms with Gasteiger partial charge in [-0.05, 0) is 12.3 Å². The molecule has 0 radical (unpaired) electrons. The Morgan fingerprint density at radius 3 is 2.27 bits per heavy atom. The highest BCUT2D eigenvalue weighted by Gasteiger charge is 2.28. The van der Waals surface area contributed by atoms with Crippen LogP contribution in [0.5, 0.6) is 0 Å². The number of rotatable bonds is 4. The topological polar surface area (TPSA) is 9.23 Å². The van der Waals surface area contributed by atoms with Crippen LogP contribution in [0, 0.1) is 5.92 Å². The maximum Gasteiger partial charge on any atom is 0.522 e. The second-order valence-corrected chi connectivity index (χ2v) is 2.60. The van der Waals surface area contributed by atoms with Crippen LogP contribution >= 0.6 is 0 Å². The highest BCUT2D eigenvalue weighted by Crippen LogP contribution is 2.17. The summed E-state index contributed by atoms with van der Waals surface area (Å²) in [6, 6.07) is 0. The molecule has 0 heterocycles. The van der Waals surface area contributed by atoms with Gasteiger partial charge in [0, 0.05) is 0 Å².